The summed E-state index contributed by atoms with van der Waals surface area (Å²) in [5.41, 5.74) is 4.26. The van der Waals surface area contributed by atoms with E-state index in [9.17, 15) is 4.79 Å². The Labute approximate surface area is 139 Å². The zero-order chi connectivity index (χ0) is 17.0. The molecule has 0 fully saturated rings. The highest BCUT2D eigenvalue weighted by molar-refractivity contribution is 5.75. The highest BCUT2D eigenvalue weighted by atomic mass is 16.2. The quantitative estimate of drug-likeness (QED) is 0.811. The van der Waals surface area contributed by atoms with Crippen molar-refractivity contribution in [3.63, 3.8) is 0 Å². The van der Waals surface area contributed by atoms with Crippen molar-refractivity contribution in [1.82, 2.24) is 14.7 Å². The topological polar surface area (TPSA) is 38.1 Å². The van der Waals surface area contributed by atoms with Crippen molar-refractivity contribution >= 4 is 5.91 Å². The van der Waals surface area contributed by atoms with Crippen molar-refractivity contribution in [2.45, 2.75) is 47.1 Å². The number of para-hydroxylation sites is 1. The molecule has 0 saturated carbocycles. The first-order chi connectivity index (χ1) is 10.9. The Kier molecular flexibility index (Phi) is 5.59. The fraction of sp³-hybridized carbons (Fsp3) is 0.474. The van der Waals surface area contributed by atoms with Gasteiger partial charge in [0.2, 0.25) is 5.91 Å². The van der Waals surface area contributed by atoms with Gasteiger partial charge in [0.1, 0.15) is 0 Å². The minimum atomic E-state index is 0.199. The Morgan fingerprint density at radius 3 is 2.48 bits per heavy atom. The van der Waals surface area contributed by atoms with Crippen molar-refractivity contribution in [3.05, 3.63) is 47.3 Å². The third kappa shape index (κ3) is 4.21. The Bertz CT molecular complexity index is 659. The number of hydrogen-bond acceptors (Lipinski definition) is 2. The van der Waals surface area contributed by atoms with E-state index in [1.807, 2.05) is 53.9 Å². The Morgan fingerprint density at radius 1 is 1.22 bits per heavy atom. The highest BCUT2D eigenvalue weighted by Gasteiger charge is 2.17. The molecule has 0 saturated heterocycles. The second kappa shape index (κ2) is 7.44. The van der Waals surface area contributed by atoms with E-state index < -0.39 is 0 Å². The molecule has 1 aromatic carbocycles. The van der Waals surface area contributed by atoms with Gasteiger partial charge < -0.3 is 4.90 Å². The maximum Gasteiger partial charge on any atom is 0.222 e. The van der Waals surface area contributed by atoms with Crippen LogP contribution >= 0.6 is 0 Å². The second-order valence-electron chi connectivity index (χ2n) is 6.58. The fourth-order valence-electron chi connectivity index (χ4n) is 2.65. The van der Waals surface area contributed by atoms with E-state index in [0.717, 1.165) is 29.1 Å². The molecule has 0 aliphatic carbocycles. The molecule has 1 heterocycles. The minimum Gasteiger partial charge on any atom is -0.341 e. The molecule has 124 valence electrons. The van der Waals surface area contributed by atoms with E-state index >= 15 is 0 Å². The summed E-state index contributed by atoms with van der Waals surface area (Å²) in [4.78, 5) is 14.1. The average molecular weight is 313 g/mol. The summed E-state index contributed by atoms with van der Waals surface area (Å²) >= 11 is 0. The van der Waals surface area contributed by atoms with Crippen molar-refractivity contribution in [2.75, 3.05) is 7.05 Å². The minimum absolute atomic E-state index is 0.199. The van der Waals surface area contributed by atoms with E-state index in [1.165, 1.54) is 0 Å². The molecule has 0 N–H and O–H groups in total. The van der Waals surface area contributed by atoms with Crippen LogP contribution in [0.5, 0.6) is 0 Å². The van der Waals surface area contributed by atoms with Crippen LogP contribution < -0.4 is 0 Å². The number of nitrogens with zero attached hydrogens (tertiary/aromatic N) is 3. The summed E-state index contributed by atoms with van der Waals surface area (Å²) in [6, 6.07) is 10.1. The summed E-state index contributed by atoms with van der Waals surface area (Å²) in [6.45, 7) is 8.97. The number of benzene rings is 1. The number of carbonyl (C=O) groups excluding carboxylic acids is 1. The van der Waals surface area contributed by atoms with Crippen LogP contribution in [0.15, 0.2) is 30.3 Å². The number of amides is 1. The molecule has 2 aromatic rings. The first-order valence-electron chi connectivity index (χ1n) is 8.24. The highest BCUT2D eigenvalue weighted by Crippen LogP contribution is 2.19. The van der Waals surface area contributed by atoms with Gasteiger partial charge in [-0.25, -0.2) is 4.68 Å². The van der Waals surface area contributed by atoms with Gasteiger partial charge in [-0.05, 0) is 38.3 Å². The third-order valence-electron chi connectivity index (χ3n) is 4.20. The van der Waals surface area contributed by atoms with Gasteiger partial charge in [0.25, 0.3) is 0 Å². The first kappa shape index (κ1) is 17.3. The Balaban J connectivity index is 2.15. The van der Waals surface area contributed by atoms with Crippen LogP contribution in [0.1, 0.15) is 43.6 Å². The number of rotatable bonds is 6. The average Bonchev–Trinajstić information content (AvgIpc) is 2.81. The summed E-state index contributed by atoms with van der Waals surface area (Å²) in [5, 5.41) is 4.65. The second-order valence-corrected chi connectivity index (χ2v) is 6.58. The van der Waals surface area contributed by atoms with Crippen LogP contribution in [0, 0.1) is 19.8 Å². The number of hydrogen-bond donors (Lipinski definition) is 0. The Morgan fingerprint density at radius 2 is 1.87 bits per heavy atom. The van der Waals surface area contributed by atoms with Gasteiger partial charge in [0.05, 0.1) is 11.4 Å². The molecule has 4 heteroatoms. The van der Waals surface area contributed by atoms with Crippen LogP contribution in [-0.2, 0) is 11.3 Å². The van der Waals surface area contributed by atoms with E-state index in [0.29, 0.717) is 18.9 Å². The molecule has 1 aromatic heterocycles. The largest absolute Gasteiger partial charge is 0.341 e. The van der Waals surface area contributed by atoms with Crippen molar-refractivity contribution < 1.29 is 4.79 Å². The van der Waals surface area contributed by atoms with Gasteiger partial charge in [0, 0.05) is 31.3 Å². The van der Waals surface area contributed by atoms with E-state index in [-0.39, 0.29) is 5.91 Å². The molecule has 0 aliphatic heterocycles. The SMILES string of the molecule is Cc1nn(-c2ccccc2)c(C)c1CN(C)C(=O)CCC(C)C. The van der Waals surface area contributed by atoms with E-state index in [1.54, 1.807) is 0 Å². The standard InChI is InChI=1S/C19H27N3O/c1-14(2)11-12-19(23)21(5)13-18-15(3)20-22(16(18)4)17-9-7-6-8-10-17/h6-10,14H,11-13H2,1-5H3. The van der Waals surface area contributed by atoms with Crippen LogP contribution in [0.3, 0.4) is 0 Å². The lowest BCUT2D eigenvalue weighted by Crippen LogP contribution is -2.26. The molecule has 0 spiro atoms. The predicted molar refractivity (Wildman–Crippen MR) is 93.6 cm³/mol. The maximum absolute atomic E-state index is 12.2. The maximum atomic E-state index is 12.2. The van der Waals surface area contributed by atoms with Gasteiger partial charge >= 0.3 is 0 Å². The lowest BCUT2D eigenvalue weighted by Gasteiger charge is -2.18. The van der Waals surface area contributed by atoms with Crippen LogP contribution in [0.4, 0.5) is 0 Å². The summed E-state index contributed by atoms with van der Waals surface area (Å²) < 4.78 is 1.96. The van der Waals surface area contributed by atoms with Crippen molar-refractivity contribution in [1.29, 1.82) is 0 Å². The summed E-state index contributed by atoms with van der Waals surface area (Å²) in [5.74, 6) is 0.751. The van der Waals surface area contributed by atoms with Crippen molar-refractivity contribution in [2.24, 2.45) is 5.92 Å². The molecular formula is C19H27N3O. The number of aromatic nitrogens is 2. The van der Waals surface area contributed by atoms with Crippen LogP contribution in [-0.4, -0.2) is 27.6 Å². The van der Waals surface area contributed by atoms with Gasteiger partial charge in [0.15, 0.2) is 0 Å². The van der Waals surface area contributed by atoms with Crippen LogP contribution in [0.2, 0.25) is 0 Å². The molecule has 0 bridgehead atoms. The van der Waals surface area contributed by atoms with E-state index in [4.69, 9.17) is 0 Å². The zero-order valence-electron chi connectivity index (χ0n) is 14.8. The fourth-order valence-corrected chi connectivity index (χ4v) is 2.65. The van der Waals surface area contributed by atoms with Crippen LogP contribution in [0.25, 0.3) is 5.69 Å². The normalized spacial score (nSPS) is 11.0. The summed E-state index contributed by atoms with van der Waals surface area (Å²) in [6.07, 6.45) is 1.55. The van der Waals surface area contributed by atoms with Gasteiger partial charge in [-0.15, -0.1) is 0 Å². The lowest BCUT2D eigenvalue weighted by molar-refractivity contribution is -0.130. The van der Waals surface area contributed by atoms with Gasteiger partial charge in [-0.3, -0.25) is 4.79 Å². The zero-order valence-corrected chi connectivity index (χ0v) is 14.8. The lowest BCUT2D eigenvalue weighted by atomic mass is 10.1. The molecule has 2 rings (SSSR count). The third-order valence-corrected chi connectivity index (χ3v) is 4.20. The molecule has 0 unspecified atom stereocenters. The Hall–Kier alpha value is -2.10. The first-order valence-corrected chi connectivity index (χ1v) is 8.24. The van der Waals surface area contributed by atoms with Gasteiger partial charge in [-0.2, -0.15) is 5.10 Å². The molecule has 0 aliphatic rings. The predicted octanol–water partition coefficient (Wildman–Crippen LogP) is 3.88. The molecule has 1 amide bonds. The molecule has 0 atom stereocenters. The molecule has 23 heavy (non-hydrogen) atoms. The van der Waals surface area contributed by atoms with Gasteiger partial charge in [-0.1, -0.05) is 32.0 Å². The molecule has 0 radical (unpaired) electrons. The van der Waals surface area contributed by atoms with E-state index in [2.05, 4.69) is 25.9 Å². The smallest absolute Gasteiger partial charge is 0.222 e. The molecular weight excluding hydrogens is 286 g/mol. The van der Waals surface area contributed by atoms with Crippen molar-refractivity contribution in [3.8, 4) is 5.69 Å². The number of carbonyl (C=O) groups is 1. The molecule has 4 nitrogen and oxygen atoms in total. The monoisotopic (exact) mass is 313 g/mol. The summed E-state index contributed by atoms with van der Waals surface area (Å²) in [7, 11) is 1.88. The number of aryl methyl sites for hydroxylation is 1.